The van der Waals surface area contributed by atoms with E-state index in [1.807, 2.05) is 0 Å². The highest BCUT2D eigenvalue weighted by molar-refractivity contribution is 5.39. The quantitative estimate of drug-likeness (QED) is 0.767. The molecule has 0 spiro atoms. The highest BCUT2D eigenvalue weighted by Gasteiger charge is 2.11. The Morgan fingerprint density at radius 2 is 2.35 bits per heavy atom. The van der Waals surface area contributed by atoms with E-state index >= 15 is 0 Å². The van der Waals surface area contributed by atoms with E-state index in [0.717, 1.165) is 19.3 Å². The molecule has 7 heteroatoms. The second-order valence-electron chi connectivity index (χ2n) is 4.07. The summed E-state index contributed by atoms with van der Waals surface area (Å²) in [5.74, 6) is 2.17. The molecule has 3 N–H and O–H groups in total. The van der Waals surface area contributed by atoms with Crippen molar-refractivity contribution in [3.63, 3.8) is 0 Å². The Bertz CT molecular complexity index is 437. The normalized spacial score (nSPS) is 12.8. The zero-order valence-electron chi connectivity index (χ0n) is 9.76. The number of aryl methyl sites for hydroxylation is 1. The van der Waals surface area contributed by atoms with Gasteiger partial charge in [-0.25, -0.2) is 4.98 Å². The van der Waals surface area contributed by atoms with Crippen LogP contribution in [0.1, 0.15) is 25.7 Å². The van der Waals surface area contributed by atoms with Crippen molar-refractivity contribution in [1.29, 1.82) is 0 Å². The van der Waals surface area contributed by atoms with E-state index < -0.39 is 0 Å². The van der Waals surface area contributed by atoms with E-state index in [-0.39, 0.29) is 0 Å². The molecule has 0 saturated carbocycles. The highest BCUT2D eigenvalue weighted by atomic mass is 16.5. The minimum absolute atomic E-state index is 0.448. The first-order chi connectivity index (χ1) is 8.29. The number of H-pyrrole nitrogens is 1. The maximum absolute atomic E-state index is 5.50. The summed E-state index contributed by atoms with van der Waals surface area (Å²) in [6.07, 6.45) is 4.19. The van der Waals surface area contributed by atoms with E-state index in [2.05, 4.69) is 32.2 Å². The van der Waals surface area contributed by atoms with Crippen molar-refractivity contribution in [1.82, 2.24) is 25.3 Å². The van der Waals surface area contributed by atoms with Crippen LogP contribution in [0, 0.1) is 5.92 Å². The van der Waals surface area contributed by atoms with Crippen molar-refractivity contribution in [2.24, 2.45) is 11.7 Å². The summed E-state index contributed by atoms with van der Waals surface area (Å²) in [5, 5.41) is 10.3. The van der Waals surface area contributed by atoms with E-state index in [1.165, 1.54) is 6.33 Å². The number of aromatic nitrogens is 5. The fraction of sp³-hybridized carbons (Fsp3) is 0.600. The summed E-state index contributed by atoms with van der Waals surface area (Å²) in [7, 11) is 0. The Morgan fingerprint density at radius 3 is 3.06 bits per heavy atom. The van der Waals surface area contributed by atoms with Gasteiger partial charge in [0.15, 0.2) is 5.82 Å². The van der Waals surface area contributed by atoms with Crippen LogP contribution >= 0.6 is 0 Å². The molecule has 0 amide bonds. The van der Waals surface area contributed by atoms with Gasteiger partial charge in [0.05, 0.1) is 0 Å². The lowest BCUT2D eigenvalue weighted by Crippen LogP contribution is -2.06. The molecule has 0 radical (unpaired) electrons. The minimum Gasteiger partial charge on any atom is -0.339 e. The Kier molecular flexibility index (Phi) is 3.81. The van der Waals surface area contributed by atoms with Gasteiger partial charge in [0.2, 0.25) is 11.7 Å². The van der Waals surface area contributed by atoms with Gasteiger partial charge in [-0.15, -0.1) is 0 Å². The number of aromatic amines is 1. The number of rotatable bonds is 6. The summed E-state index contributed by atoms with van der Waals surface area (Å²) in [6.45, 7) is 2.88. The Hall–Kier alpha value is -1.76. The third-order valence-corrected chi connectivity index (χ3v) is 2.61. The van der Waals surface area contributed by atoms with Crippen LogP contribution in [0.5, 0.6) is 0 Å². The maximum Gasteiger partial charge on any atom is 0.239 e. The molecular weight excluding hydrogens is 220 g/mol. The smallest absolute Gasteiger partial charge is 0.239 e. The predicted octanol–water partition coefficient (Wildman–Crippen LogP) is 0.772. The van der Waals surface area contributed by atoms with Crippen molar-refractivity contribution < 1.29 is 4.52 Å². The van der Waals surface area contributed by atoms with Crippen molar-refractivity contribution in [3.05, 3.63) is 12.2 Å². The van der Waals surface area contributed by atoms with Crippen LogP contribution in [0.2, 0.25) is 0 Å². The molecule has 2 heterocycles. The molecule has 0 aliphatic rings. The number of nitrogens with zero attached hydrogens (tertiary/aromatic N) is 4. The van der Waals surface area contributed by atoms with Crippen molar-refractivity contribution >= 4 is 0 Å². The second-order valence-corrected chi connectivity index (χ2v) is 4.07. The molecule has 2 rings (SSSR count). The lowest BCUT2D eigenvalue weighted by atomic mass is 10.0. The highest BCUT2D eigenvalue weighted by Crippen LogP contribution is 2.13. The van der Waals surface area contributed by atoms with Crippen LogP contribution in [0.15, 0.2) is 10.9 Å². The molecule has 7 nitrogen and oxygen atoms in total. The molecule has 92 valence electrons. The first-order valence-corrected chi connectivity index (χ1v) is 5.68. The zero-order chi connectivity index (χ0) is 12.1. The number of nitrogens with one attached hydrogen (secondary N) is 1. The summed E-state index contributed by atoms with van der Waals surface area (Å²) >= 11 is 0. The topological polar surface area (TPSA) is 107 Å². The van der Waals surface area contributed by atoms with Crippen LogP contribution < -0.4 is 5.73 Å². The molecule has 2 aromatic heterocycles. The first kappa shape index (κ1) is 11.7. The standard InChI is InChI=1S/C10H16N6O/c1-7(4-5-11)2-3-8-14-10(16-17-8)9-12-6-13-15-9/h6-7H,2-5,11H2,1H3,(H,12,13,15). The Balaban J connectivity index is 1.91. The maximum atomic E-state index is 5.50. The summed E-state index contributed by atoms with van der Waals surface area (Å²) in [5.41, 5.74) is 5.50. The van der Waals surface area contributed by atoms with E-state index in [0.29, 0.717) is 30.0 Å². The van der Waals surface area contributed by atoms with Crippen molar-refractivity contribution in [3.8, 4) is 11.6 Å². The lowest BCUT2D eigenvalue weighted by molar-refractivity contribution is 0.362. The van der Waals surface area contributed by atoms with Gasteiger partial charge in [-0.05, 0) is 25.3 Å². The zero-order valence-corrected chi connectivity index (χ0v) is 9.76. The van der Waals surface area contributed by atoms with Gasteiger partial charge in [0.25, 0.3) is 0 Å². The van der Waals surface area contributed by atoms with Crippen molar-refractivity contribution in [2.45, 2.75) is 26.2 Å². The van der Waals surface area contributed by atoms with Crippen LogP contribution in [0.25, 0.3) is 11.6 Å². The van der Waals surface area contributed by atoms with Crippen LogP contribution in [0.3, 0.4) is 0 Å². The van der Waals surface area contributed by atoms with Gasteiger partial charge in [-0.1, -0.05) is 12.1 Å². The fourth-order valence-electron chi connectivity index (χ4n) is 1.56. The third kappa shape index (κ3) is 3.10. The molecule has 0 aliphatic heterocycles. The van der Waals surface area contributed by atoms with Gasteiger partial charge in [-0.2, -0.15) is 10.1 Å². The van der Waals surface area contributed by atoms with Gasteiger partial charge in [-0.3, -0.25) is 5.10 Å². The average Bonchev–Trinajstić information content (AvgIpc) is 2.97. The van der Waals surface area contributed by atoms with Gasteiger partial charge < -0.3 is 10.3 Å². The van der Waals surface area contributed by atoms with E-state index in [1.54, 1.807) is 0 Å². The molecule has 17 heavy (non-hydrogen) atoms. The van der Waals surface area contributed by atoms with Crippen LogP contribution in [-0.4, -0.2) is 31.9 Å². The molecule has 1 atom stereocenters. The van der Waals surface area contributed by atoms with Gasteiger partial charge in [0.1, 0.15) is 6.33 Å². The Labute approximate surface area is 98.8 Å². The molecule has 0 aliphatic carbocycles. The van der Waals surface area contributed by atoms with Gasteiger partial charge >= 0.3 is 0 Å². The molecule has 1 unspecified atom stereocenters. The van der Waals surface area contributed by atoms with Crippen LogP contribution in [-0.2, 0) is 6.42 Å². The van der Waals surface area contributed by atoms with Gasteiger partial charge in [0, 0.05) is 6.42 Å². The number of hydrogen-bond donors (Lipinski definition) is 2. The first-order valence-electron chi connectivity index (χ1n) is 5.68. The second kappa shape index (κ2) is 5.53. The summed E-state index contributed by atoms with van der Waals surface area (Å²) in [4.78, 5) is 8.20. The molecule has 0 fully saturated rings. The monoisotopic (exact) mass is 236 g/mol. The van der Waals surface area contributed by atoms with Crippen LogP contribution in [0.4, 0.5) is 0 Å². The largest absolute Gasteiger partial charge is 0.339 e. The Morgan fingerprint density at radius 1 is 1.47 bits per heavy atom. The summed E-state index contributed by atoms with van der Waals surface area (Å²) < 4.78 is 5.14. The lowest BCUT2D eigenvalue weighted by Gasteiger charge is -2.06. The predicted molar refractivity (Wildman–Crippen MR) is 60.8 cm³/mol. The van der Waals surface area contributed by atoms with Crippen molar-refractivity contribution in [2.75, 3.05) is 6.54 Å². The molecule has 2 aromatic rings. The molecular formula is C10H16N6O. The summed E-state index contributed by atoms with van der Waals surface area (Å²) in [6, 6.07) is 0. The minimum atomic E-state index is 0.448. The number of hydrogen-bond acceptors (Lipinski definition) is 6. The van der Waals surface area contributed by atoms with E-state index in [4.69, 9.17) is 10.3 Å². The third-order valence-electron chi connectivity index (χ3n) is 2.61. The average molecular weight is 236 g/mol. The fourth-order valence-corrected chi connectivity index (χ4v) is 1.56. The number of nitrogens with two attached hydrogens (primary N) is 1. The SMILES string of the molecule is CC(CCN)CCc1nc(-c2ncn[nH]2)no1. The molecule has 0 saturated heterocycles. The molecule has 0 bridgehead atoms. The molecule has 0 aromatic carbocycles. The van der Waals surface area contributed by atoms with E-state index in [9.17, 15) is 0 Å².